The number of aromatic nitrogens is 13. The van der Waals surface area contributed by atoms with Crippen molar-refractivity contribution in [3.05, 3.63) is 241 Å². The molecule has 0 fully saturated rings. The Morgan fingerprint density at radius 2 is 0.577 bits per heavy atom. The van der Waals surface area contributed by atoms with E-state index >= 15 is 0 Å². The summed E-state index contributed by atoms with van der Waals surface area (Å²) in [6, 6.07) is 21.7. The second-order valence-electron chi connectivity index (χ2n) is 25.4. The van der Waals surface area contributed by atoms with Gasteiger partial charge in [-0.25, -0.2) is 34.9 Å². The van der Waals surface area contributed by atoms with Crippen LogP contribution >= 0.6 is 0 Å². The summed E-state index contributed by atoms with van der Waals surface area (Å²) in [5.74, 6) is 6.81. The summed E-state index contributed by atoms with van der Waals surface area (Å²) >= 11 is 0. The molecule has 5 N–H and O–H groups in total. The minimum Gasteiger partial charge on any atom is -0.373 e. The van der Waals surface area contributed by atoms with Gasteiger partial charge >= 0.3 is 0 Å². The van der Waals surface area contributed by atoms with Crippen LogP contribution in [0.15, 0.2) is 60.7 Å². The van der Waals surface area contributed by atoms with E-state index in [1.807, 2.05) is 69.7 Å². The highest BCUT2D eigenvalue weighted by molar-refractivity contribution is 5.49. The van der Waals surface area contributed by atoms with E-state index in [0.29, 0.717) is 17.8 Å². The number of hydrogen-bond acceptors (Lipinski definition) is 18. The van der Waals surface area contributed by atoms with E-state index in [1.165, 1.54) is 117 Å². The molecule has 0 atom stereocenters. The largest absolute Gasteiger partial charge is 0.373 e. The first kappa shape index (κ1) is 76.3. The molecular formula is C79H106N18. The van der Waals surface area contributed by atoms with Crippen LogP contribution in [-0.4, -0.2) is 100 Å². The molecule has 0 aliphatic heterocycles. The summed E-state index contributed by atoms with van der Waals surface area (Å²) in [5.41, 5.74) is 34.8. The van der Waals surface area contributed by atoms with Gasteiger partial charge in [-0.05, 0) is 269 Å². The average Bonchev–Trinajstić information content (AvgIpc) is 1.52. The lowest BCUT2D eigenvalue weighted by atomic mass is 9.95. The topological polar surface area (TPSA) is 228 Å². The fourth-order valence-electron chi connectivity index (χ4n) is 11.0. The van der Waals surface area contributed by atoms with Crippen molar-refractivity contribution in [3.63, 3.8) is 0 Å². The van der Waals surface area contributed by atoms with Crippen LogP contribution in [0, 0.1) is 152 Å². The molecule has 0 spiro atoms. The summed E-state index contributed by atoms with van der Waals surface area (Å²) in [7, 11) is 9.23. The van der Waals surface area contributed by atoms with E-state index in [4.69, 9.17) is 0 Å². The van der Waals surface area contributed by atoms with Crippen LogP contribution in [0.1, 0.15) is 180 Å². The summed E-state index contributed by atoms with van der Waals surface area (Å²) in [5, 5.41) is 31.6. The predicted molar refractivity (Wildman–Crippen MR) is 402 cm³/mol. The van der Waals surface area contributed by atoms with Crippen LogP contribution in [0.5, 0.6) is 0 Å². The zero-order chi connectivity index (χ0) is 71.7. The molecule has 0 amide bonds. The average molecular weight is 1310 g/mol. The van der Waals surface area contributed by atoms with Crippen molar-refractivity contribution in [2.45, 2.75) is 184 Å². The Balaban J connectivity index is 0.000000192. The quantitative estimate of drug-likeness (QED) is 0.0643. The van der Waals surface area contributed by atoms with Crippen molar-refractivity contribution >= 4 is 29.5 Å². The molecule has 5 aromatic carbocycles. The maximum Gasteiger partial charge on any atom is 0.242 e. The van der Waals surface area contributed by atoms with Gasteiger partial charge in [0, 0.05) is 84.3 Å². The number of anilines is 5. The monoisotopic (exact) mass is 1310 g/mol. The van der Waals surface area contributed by atoms with E-state index in [1.54, 1.807) is 7.05 Å². The third-order valence-electron chi connectivity index (χ3n) is 19.3. The van der Waals surface area contributed by atoms with Gasteiger partial charge in [0.05, 0.1) is 17.1 Å². The molecule has 0 saturated carbocycles. The molecule has 0 aliphatic rings. The fraction of sp³-hybridized carbons (Fsp3) is 0.405. The van der Waals surface area contributed by atoms with Crippen LogP contribution in [0.2, 0.25) is 0 Å². The standard InChI is InChI=1S/2C17H23N3.3C15H20N4/c1-10-7-8-15(12(3)11(10)2)9-16-19-14(5)13(4)17(18-6)20-16;1-10-7-8-15(12(3)11(10)2)9-16-13(4)14(5)19-17(18-6)20-16;1-9-6-7-13(11(3)10(9)2)8-14-17-12(4)18-15(16-5)19-14;1-9-6-7-13(11(3)10(9)2)8-14-17-15(16-5)12(4)18-19-14;1-9-6-7-13(11(3)10(9)2)8-14-12(4)18-19-15(16-5)17-14/h2*7-8H,9H2,1-6H3,(H,18,19,20);6-7H,8H2,1-5H3,(H,16,17,18,19);2*6-7H,8H2,1-5H3,(H,16,17,19). The van der Waals surface area contributed by atoms with E-state index in [2.05, 4.69) is 263 Å². The first-order valence-corrected chi connectivity index (χ1v) is 33.4. The fourth-order valence-corrected chi connectivity index (χ4v) is 11.0. The normalized spacial score (nSPS) is 10.6. The Hall–Kier alpha value is -9.71. The van der Waals surface area contributed by atoms with Gasteiger partial charge in [0.15, 0.2) is 11.6 Å². The van der Waals surface area contributed by atoms with E-state index in [-0.39, 0.29) is 0 Å². The minimum absolute atomic E-state index is 0.571. The maximum atomic E-state index is 4.62. The smallest absolute Gasteiger partial charge is 0.242 e. The molecule has 512 valence electrons. The molecule has 0 saturated heterocycles. The predicted octanol–water partition coefficient (Wildman–Crippen LogP) is 15.5. The van der Waals surface area contributed by atoms with Crippen LogP contribution in [0.3, 0.4) is 0 Å². The van der Waals surface area contributed by atoms with Gasteiger partial charge in [0.25, 0.3) is 0 Å². The summed E-state index contributed by atoms with van der Waals surface area (Å²) < 4.78 is 0. The highest BCUT2D eigenvalue weighted by Crippen LogP contribution is 2.27. The molecule has 97 heavy (non-hydrogen) atoms. The lowest BCUT2D eigenvalue weighted by Crippen LogP contribution is -2.07. The Labute approximate surface area is 578 Å². The maximum absolute atomic E-state index is 4.62. The van der Waals surface area contributed by atoms with E-state index in [0.717, 1.165) is 107 Å². The lowest BCUT2D eigenvalue weighted by Gasteiger charge is -2.14. The third kappa shape index (κ3) is 20.0. The highest BCUT2D eigenvalue weighted by atomic mass is 15.2. The zero-order valence-electron chi connectivity index (χ0n) is 63.1. The minimum atomic E-state index is 0.571. The number of nitrogens with one attached hydrogen (secondary N) is 5. The third-order valence-corrected chi connectivity index (χ3v) is 19.3. The van der Waals surface area contributed by atoms with Crippen LogP contribution in [0.4, 0.5) is 29.5 Å². The number of aryl methyl sites for hydroxylation is 10. The Bertz CT molecular complexity index is 4400. The van der Waals surface area contributed by atoms with Gasteiger partial charge < -0.3 is 26.6 Å². The van der Waals surface area contributed by atoms with Gasteiger partial charge in [0.1, 0.15) is 29.0 Å². The molecule has 18 nitrogen and oxygen atoms in total. The second-order valence-corrected chi connectivity index (χ2v) is 25.4. The second kappa shape index (κ2) is 34.8. The summed E-state index contributed by atoms with van der Waals surface area (Å²) in [4.78, 5) is 40.3. The van der Waals surface area contributed by atoms with Crippen LogP contribution in [0.25, 0.3) is 0 Å². The Kier molecular flexibility index (Phi) is 27.4. The van der Waals surface area contributed by atoms with E-state index < -0.39 is 0 Å². The van der Waals surface area contributed by atoms with Crippen molar-refractivity contribution in [1.29, 1.82) is 0 Å². The van der Waals surface area contributed by atoms with E-state index in [9.17, 15) is 0 Å². The number of nitrogens with zero attached hydrogens (tertiary/aromatic N) is 13. The van der Waals surface area contributed by atoms with Gasteiger partial charge in [0.2, 0.25) is 17.8 Å². The van der Waals surface area contributed by atoms with Crippen molar-refractivity contribution in [2.75, 3.05) is 61.8 Å². The van der Waals surface area contributed by atoms with Crippen molar-refractivity contribution in [2.24, 2.45) is 0 Å². The van der Waals surface area contributed by atoms with Crippen LogP contribution < -0.4 is 26.6 Å². The SMILES string of the molecule is CNc1nc(C)c(C)c(Cc2ccc(C)c(C)c2C)n1.CNc1nc(C)nc(Cc2ccc(C)c(C)c2C)n1.CNc1nc(Cc2ccc(C)c(C)c2C)nc(C)c1C.CNc1nc(Cc2ccc(C)c(C)c2C)nnc1C.CNc1nnc(C)c(Cc2ccc(C)c(C)c2C)n1. The van der Waals surface area contributed by atoms with Crippen LogP contribution in [-0.2, 0) is 32.1 Å². The number of hydrogen-bond donors (Lipinski definition) is 5. The highest BCUT2D eigenvalue weighted by Gasteiger charge is 2.16. The molecule has 5 aromatic heterocycles. The summed E-state index contributed by atoms with van der Waals surface area (Å²) in [6.45, 7) is 46.4. The molecule has 0 radical (unpaired) electrons. The van der Waals surface area contributed by atoms with Gasteiger partial charge in [-0.15, -0.1) is 10.2 Å². The molecule has 10 rings (SSSR count). The van der Waals surface area contributed by atoms with Gasteiger partial charge in [-0.1, -0.05) is 60.7 Å². The molecular weight excluding hydrogens is 1200 g/mol. The molecule has 10 aromatic rings. The molecule has 0 bridgehead atoms. The van der Waals surface area contributed by atoms with Gasteiger partial charge in [-0.3, -0.25) is 0 Å². The van der Waals surface area contributed by atoms with Crippen molar-refractivity contribution < 1.29 is 0 Å². The molecule has 5 heterocycles. The Morgan fingerprint density at radius 1 is 0.227 bits per heavy atom. The number of rotatable bonds is 15. The number of benzene rings is 5. The Morgan fingerprint density at radius 3 is 1.00 bits per heavy atom. The van der Waals surface area contributed by atoms with Gasteiger partial charge in [-0.2, -0.15) is 20.2 Å². The summed E-state index contributed by atoms with van der Waals surface area (Å²) in [6.07, 6.45) is 3.89. The molecule has 0 aliphatic carbocycles. The first-order valence-electron chi connectivity index (χ1n) is 33.4. The molecule has 18 heteroatoms. The zero-order valence-corrected chi connectivity index (χ0v) is 63.1. The van der Waals surface area contributed by atoms with Crippen molar-refractivity contribution in [1.82, 2.24) is 65.3 Å². The first-order chi connectivity index (χ1) is 45.9. The molecule has 0 unspecified atom stereocenters. The lowest BCUT2D eigenvalue weighted by molar-refractivity contribution is 0.840. The van der Waals surface area contributed by atoms with Crippen molar-refractivity contribution in [3.8, 4) is 0 Å².